The van der Waals surface area contributed by atoms with E-state index in [2.05, 4.69) is 24.0 Å². The van der Waals surface area contributed by atoms with Gasteiger partial charge in [0.25, 0.3) is 0 Å². The molecule has 0 fully saturated rings. The maximum absolute atomic E-state index is 3.27. The molecule has 0 aromatic heterocycles. The molecule has 0 aromatic rings. The van der Waals surface area contributed by atoms with E-state index in [1.807, 2.05) is 0 Å². The molecule has 0 aliphatic heterocycles. The topological polar surface area (TPSA) is 0 Å². The molecular formula is C16H26. The summed E-state index contributed by atoms with van der Waals surface area (Å²) in [4.78, 5) is 0. The summed E-state index contributed by atoms with van der Waals surface area (Å²) in [6.45, 7) is 0. The summed E-state index contributed by atoms with van der Waals surface area (Å²) < 4.78 is 0. The van der Waals surface area contributed by atoms with E-state index >= 15 is 0 Å². The van der Waals surface area contributed by atoms with Crippen molar-refractivity contribution in [3.63, 3.8) is 0 Å². The van der Waals surface area contributed by atoms with E-state index in [-0.39, 0.29) is 0 Å². The van der Waals surface area contributed by atoms with Gasteiger partial charge < -0.3 is 0 Å². The van der Waals surface area contributed by atoms with Gasteiger partial charge in [-0.3, -0.25) is 0 Å². The number of allylic oxidation sites excluding steroid dienone is 2. The van der Waals surface area contributed by atoms with Crippen molar-refractivity contribution in [1.29, 1.82) is 0 Å². The fraction of sp³-hybridized carbons (Fsp3) is 0.750. The minimum Gasteiger partial charge on any atom is -0.103 e. The minimum absolute atomic E-state index is 0.958. The first-order valence-electron chi connectivity index (χ1n) is 7.11. The summed E-state index contributed by atoms with van der Waals surface area (Å²) in [7, 11) is 0. The Morgan fingerprint density at radius 3 is 1.94 bits per heavy atom. The van der Waals surface area contributed by atoms with Gasteiger partial charge in [0.05, 0.1) is 0 Å². The quantitative estimate of drug-likeness (QED) is 0.385. The summed E-state index contributed by atoms with van der Waals surface area (Å²) in [6, 6.07) is 0. The first-order chi connectivity index (χ1) is 8.00. The number of hydrogen-bond acceptors (Lipinski definition) is 0. The predicted molar refractivity (Wildman–Crippen MR) is 72.3 cm³/mol. The highest BCUT2D eigenvalue weighted by molar-refractivity contribution is 5.04. The SMILES string of the molecule is C1#CCCCCCCCCCCC/C=C/C1. The molecule has 90 valence electrons. The van der Waals surface area contributed by atoms with Gasteiger partial charge in [0.15, 0.2) is 0 Å². The van der Waals surface area contributed by atoms with Crippen molar-refractivity contribution < 1.29 is 0 Å². The van der Waals surface area contributed by atoms with Crippen molar-refractivity contribution in [3.05, 3.63) is 12.2 Å². The molecule has 0 N–H and O–H groups in total. The second kappa shape index (κ2) is 10.8. The molecule has 0 saturated heterocycles. The molecule has 0 atom stereocenters. The van der Waals surface area contributed by atoms with Crippen molar-refractivity contribution >= 4 is 0 Å². The van der Waals surface area contributed by atoms with Crippen LogP contribution in [0.4, 0.5) is 0 Å². The van der Waals surface area contributed by atoms with Crippen LogP contribution in [0, 0.1) is 11.8 Å². The lowest BCUT2D eigenvalue weighted by molar-refractivity contribution is 0.562. The van der Waals surface area contributed by atoms with Crippen LogP contribution >= 0.6 is 0 Å². The molecule has 16 heavy (non-hydrogen) atoms. The van der Waals surface area contributed by atoms with E-state index < -0.39 is 0 Å². The maximum atomic E-state index is 3.27. The van der Waals surface area contributed by atoms with E-state index in [1.165, 1.54) is 64.2 Å². The lowest BCUT2D eigenvalue weighted by atomic mass is 10.1. The lowest BCUT2D eigenvalue weighted by Crippen LogP contribution is -1.82. The van der Waals surface area contributed by atoms with Crippen LogP contribution in [0.25, 0.3) is 0 Å². The Labute approximate surface area is 102 Å². The summed E-state index contributed by atoms with van der Waals surface area (Å²) >= 11 is 0. The Hall–Kier alpha value is -0.700. The van der Waals surface area contributed by atoms with Gasteiger partial charge in [-0.05, 0) is 19.3 Å². The lowest BCUT2D eigenvalue weighted by Gasteiger charge is -2.01. The fourth-order valence-corrected chi connectivity index (χ4v) is 2.13. The Morgan fingerprint density at radius 1 is 0.562 bits per heavy atom. The molecule has 1 rings (SSSR count). The first-order valence-corrected chi connectivity index (χ1v) is 7.11. The summed E-state index contributed by atoms with van der Waals surface area (Å²) in [5, 5.41) is 0. The van der Waals surface area contributed by atoms with Crippen molar-refractivity contribution in [1.82, 2.24) is 0 Å². The van der Waals surface area contributed by atoms with Crippen LogP contribution in [0.2, 0.25) is 0 Å². The van der Waals surface area contributed by atoms with Gasteiger partial charge in [-0.25, -0.2) is 0 Å². The average molecular weight is 218 g/mol. The Morgan fingerprint density at radius 2 is 1.19 bits per heavy atom. The Balaban J connectivity index is 2.17. The third kappa shape index (κ3) is 8.60. The largest absolute Gasteiger partial charge is 0.103 e. The zero-order valence-electron chi connectivity index (χ0n) is 10.6. The summed E-state index contributed by atoms with van der Waals surface area (Å²) in [5.74, 6) is 6.50. The van der Waals surface area contributed by atoms with Crippen LogP contribution in [0.1, 0.15) is 77.0 Å². The van der Waals surface area contributed by atoms with Crippen molar-refractivity contribution in [3.8, 4) is 11.8 Å². The van der Waals surface area contributed by atoms with Crippen LogP contribution in [-0.4, -0.2) is 0 Å². The van der Waals surface area contributed by atoms with E-state index in [0.717, 1.165) is 12.8 Å². The molecular weight excluding hydrogens is 192 g/mol. The first kappa shape index (κ1) is 13.4. The second-order valence-corrected chi connectivity index (χ2v) is 4.75. The van der Waals surface area contributed by atoms with Crippen molar-refractivity contribution in [2.45, 2.75) is 77.0 Å². The molecule has 0 amide bonds. The van der Waals surface area contributed by atoms with E-state index in [1.54, 1.807) is 0 Å². The van der Waals surface area contributed by atoms with Crippen LogP contribution in [0.15, 0.2) is 12.2 Å². The van der Waals surface area contributed by atoms with Gasteiger partial charge in [0.1, 0.15) is 0 Å². The molecule has 0 heteroatoms. The van der Waals surface area contributed by atoms with Crippen LogP contribution in [-0.2, 0) is 0 Å². The standard InChI is InChI=1S/C16H26/c1-2-4-6-8-10-12-14-16-15-13-11-9-7-5-3-1/h1-2H,3-5,7,9-16H2/b2-1+. The highest BCUT2D eigenvalue weighted by Crippen LogP contribution is 2.11. The second-order valence-electron chi connectivity index (χ2n) is 4.75. The molecule has 0 saturated carbocycles. The van der Waals surface area contributed by atoms with Gasteiger partial charge in [-0.15, -0.1) is 5.92 Å². The predicted octanol–water partition coefficient (Wildman–Crippen LogP) is 5.24. The van der Waals surface area contributed by atoms with Crippen molar-refractivity contribution in [2.24, 2.45) is 0 Å². The van der Waals surface area contributed by atoms with E-state index in [9.17, 15) is 0 Å². The zero-order chi connectivity index (χ0) is 11.3. The number of hydrogen-bond donors (Lipinski definition) is 0. The van der Waals surface area contributed by atoms with Crippen LogP contribution < -0.4 is 0 Å². The highest BCUT2D eigenvalue weighted by atomic mass is 14.0. The average Bonchev–Trinajstić information content (AvgIpc) is 2.29. The molecule has 1 aliphatic rings. The Kier molecular flexibility index (Phi) is 9.03. The van der Waals surface area contributed by atoms with Gasteiger partial charge in [-0.2, -0.15) is 0 Å². The molecule has 0 spiro atoms. The number of rotatable bonds is 0. The molecule has 0 nitrogen and oxygen atoms in total. The molecule has 0 radical (unpaired) electrons. The molecule has 0 bridgehead atoms. The van der Waals surface area contributed by atoms with Crippen LogP contribution in [0.3, 0.4) is 0 Å². The minimum atomic E-state index is 0.958. The highest BCUT2D eigenvalue weighted by Gasteiger charge is 1.92. The van der Waals surface area contributed by atoms with E-state index in [0.29, 0.717) is 0 Å². The summed E-state index contributed by atoms with van der Waals surface area (Å²) in [6.07, 6.45) is 20.5. The Bertz CT molecular complexity index is 226. The van der Waals surface area contributed by atoms with Gasteiger partial charge in [0, 0.05) is 12.8 Å². The zero-order valence-corrected chi connectivity index (χ0v) is 10.6. The molecule has 1 aliphatic carbocycles. The van der Waals surface area contributed by atoms with Gasteiger partial charge >= 0.3 is 0 Å². The van der Waals surface area contributed by atoms with Crippen molar-refractivity contribution in [2.75, 3.05) is 0 Å². The summed E-state index contributed by atoms with van der Waals surface area (Å²) in [5.41, 5.74) is 0. The molecule has 0 heterocycles. The monoisotopic (exact) mass is 218 g/mol. The fourth-order valence-electron chi connectivity index (χ4n) is 2.13. The molecule has 0 aromatic carbocycles. The third-order valence-electron chi connectivity index (χ3n) is 3.18. The maximum Gasteiger partial charge on any atom is 0.0269 e. The van der Waals surface area contributed by atoms with Gasteiger partial charge in [0.2, 0.25) is 0 Å². The smallest absolute Gasteiger partial charge is 0.0269 e. The van der Waals surface area contributed by atoms with E-state index in [4.69, 9.17) is 0 Å². The normalized spacial score (nSPS) is 23.0. The van der Waals surface area contributed by atoms with Crippen LogP contribution in [0.5, 0.6) is 0 Å². The van der Waals surface area contributed by atoms with Gasteiger partial charge in [-0.1, -0.05) is 63.0 Å². The third-order valence-corrected chi connectivity index (χ3v) is 3.18. The molecule has 0 unspecified atom stereocenters.